The Morgan fingerprint density at radius 3 is 2.81 bits per heavy atom. The van der Waals surface area contributed by atoms with Crippen molar-refractivity contribution in [1.82, 2.24) is 9.97 Å². The maximum Gasteiger partial charge on any atom is 0.227 e. The first-order valence-corrected chi connectivity index (χ1v) is 10.5. The zero-order valence-electron chi connectivity index (χ0n) is 14.6. The summed E-state index contributed by atoms with van der Waals surface area (Å²) in [6.07, 6.45) is 2.26. The Morgan fingerprint density at radius 1 is 1.38 bits per heavy atom. The zero-order valence-corrected chi connectivity index (χ0v) is 16.2. The first-order chi connectivity index (χ1) is 12.4. The van der Waals surface area contributed by atoms with Crippen LogP contribution in [0.15, 0.2) is 30.5 Å². The largest absolute Gasteiger partial charge is 0.495 e. The maximum atomic E-state index is 11.8. The quantitative estimate of drug-likeness (QED) is 0.803. The van der Waals surface area contributed by atoms with E-state index in [1.807, 2.05) is 17.9 Å². The molecule has 0 spiro atoms. The topological polar surface area (TPSA) is 84.4 Å². The molecule has 1 aliphatic heterocycles. The Bertz CT molecular complexity index is 891. The minimum Gasteiger partial charge on any atom is -0.495 e. The molecule has 1 aromatic carbocycles. The zero-order chi connectivity index (χ0) is 18.7. The summed E-state index contributed by atoms with van der Waals surface area (Å²) in [5.74, 6) is 2.08. The van der Waals surface area contributed by atoms with Gasteiger partial charge in [0.2, 0.25) is 5.95 Å². The smallest absolute Gasteiger partial charge is 0.227 e. The highest BCUT2D eigenvalue weighted by Gasteiger charge is 2.32. The van der Waals surface area contributed by atoms with E-state index in [1.165, 1.54) is 0 Å². The minimum atomic E-state index is -2.97. The lowest BCUT2D eigenvalue weighted by atomic mass is 10.2. The minimum absolute atomic E-state index is 0.0873. The Labute approximate surface area is 158 Å². The van der Waals surface area contributed by atoms with Crippen molar-refractivity contribution in [2.75, 3.05) is 35.4 Å². The summed E-state index contributed by atoms with van der Waals surface area (Å²) in [5, 5.41) is 3.68. The first kappa shape index (κ1) is 18.7. The van der Waals surface area contributed by atoms with Gasteiger partial charge >= 0.3 is 0 Å². The van der Waals surface area contributed by atoms with Gasteiger partial charge in [-0.1, -0.05) is 11.6 Å². The van der Waals surface area contributed by atoms with Crippen LogP contribution in [-0.4, -0.2) is 49.6 Å². The molecular weight excluding hydrogens is 376 g/mol. The monoisotopic (exact) mass is 396 g/mol. The predicted octanol–water partition coefficient (Wildman–Crippen LogP) is 2.90. The van der Waals surface area contributed by atoms with Crippen molar-refractivity contribution in [3.05, 3.63) is 35.5 Å². The molecule has 9 heteroatoms. The molecule has 1 atom stereocenters. The Kier molecular flexibility index (Phi) is 5.52. The number of benzene rings is 1. The van der Waals surface area contributed by atoms with E-state index in [1.54, 1.807) is 31.5 Å². The van der Waals surface area contributed by atoms with E-state index < -0.39 is 9.84 Å². The van der Waals surface area contributed by atoms with Gasteiger partial charge in [0.05, 0.1) is 23.6 Å². The van der Waals surface area contributed by atoms with Crippen LogP contribution in [0.5, 0.6) is 5.75 Å². The molecule has 0 amide bonds. The van der Waals surface area contributed by atoms with Crippen molar-refractivity contribution in [3.8, 4) is 5.75 Å². The number of rotatable bonds is 6. The summed E-state index contributed by atoms with van der Waals surface area (Å²) in [6.45, 7) is 2.61. The normalized spacial score (nSPS) is 18.5. The molecule has 1 unspecified atom stereocenters. The summed E-state index contributed by atoms with van der Waals surface area (Å²) in [5.41, 5.74) is 0.770. The number of halogens is 1. The number of sulfone groups is 1. The third-order valence-corrected chi connectivity index (χ3v) is 6.36. The van der Waals surface area contributed by atoms with Crippen LogP contribution < -0.4 is 15.0 Å². The van der Waals surface area contributed by atoms with E-state index in [4.69, 9.17) is 16.3 Å². The van der Waals surface area contributed by atoms with E-state index in [9.17, 15) is 8.42 Å². The molecule has 0 aliphatic carbocycles. The molecule has 3 rings (SSSR count). The second-order valence-corrected chi connectivity index (χ2v) is 8.70. The second-order valence-electron chi connectivity index (χ2n) is 6.06. The Morgan fingerprint density at radius 2 is 2.19 bits per heavy atom. The summed E-state index contributed by atoms with van der Waals surface area (Å²) < 4.78 is 28.7. The number of hydrogen-bond acceptors (Lipinski definition) is 7. The van der Waals surface area contributed by atoms with Gasteiger partial charge in [0.1, 0.15) is 11.6 Å². The van der Waals surface area contributed by atoms with Crippen LogP contribution >= 0.6 is 11.6 Å². The number of nitrogens with zero attached hydrogens (tertiary/aromatic N) is 3. The predicted molar refractivity (Wildman–Crippen MR) is 103 cm³/mol. The van der Waals surface area contributed by atoms with Crippen LogP contribution in [0.2, 0.25) is 5.02 Å². The molecule has 1 saturated heterocycles. The van der Waals surface area contributed by atoms with Crippen LogP contribution in [0.1, 0.15) is 13.3 Å². The summed E-state index contributed by atoms with van der Waals surface area (Å²) in [4.78, 5) is 10.8. The molecule has 0 radical (unpaired) electrons. The SMILES string of the molecule is CCN(c1nccc(Nc2ccc(OC)c(Cl)c2)n1)C1CCS(=O)(=O)C1. The van der Waals surface area contributed by atoms with Gasteiger partial charge in [-0.2, -0.15) is 4.98 Å². The van der Waals surface area contributed by atoms with Crippen LogP contribution in [0.3, 0.4) is 0 Å². The highest BCUT2D eigenvalue weighted by molar-refractivity contribution is 7.91. The number of methoxy groups -OCH3 is 1. The van der Waals surface area contributed by atoms with Gasteiger partial charge in [-0.25, -0.2) is 13.4 Å². The fraction of sp³-hybridized carbons (Fsp3) is 0.412. The molecular formula is C17H21ClN4O3S. The molecule has 1 fully saturated rings. The van der Waals surface area contributed by atoms with Gasteiger partial charge in [-0.15, -0.1) is 0 Å². The summed E-state index contributed by atoms with van der Waals surface area (Å²) >= 11 is 6.15. The fourth-order valence-corrected chi connectivity index (χ4v) is 5.02. The van der Waals surface area contributed by atoms with Crippen LogP contribution in [0, 0.1) is 0 Å². The third kappa shape index (κ3) is 4.19. The molecule has 1 N–H and O–H groups in total. The van der Waals surface area contributed by atoms with Gasteiger partial charge in [0.15, 0.2) is 9.84 Å². The van der Waals surface area contributed by atoms with Gasteiger partial charge < -0.3 is 15.0 Å². The summed E-state index contributed by atoms with van der Waals surface area (Å²) in [6, 6.07) is 7.03. The average molecular weight is 397 g/mol. The van der Waals surface area contributed by atoms with Crippen molar-refractivity contribution in [1.29, 1.82) is 0 Å². The van der Waals surface area contributed by atoms with Gasteiger partial charge in [0.25, 0.3) is 0 Å². The van der Waals surface area contributed by atoms with E-state index in [2.05, 4.69) is 15.3 Å². The molecule has 2 heterocycles. The van der Waals surface area contributed by atoms with E-state index in [0.717, 1.165) is 5.69 Å². The molecule has 140 valence electrons. The molecule has 1 aromatic heterocycles. The highest BCUT2D eigenvalue weighted by Crippen LogP contribution is 2.29. The van der Waals surface area contributed by atoms with Crippen molar-refractivity contribution in [2.24, 2.45) is 0 Å². The third-order valence-electron chi connectivity index (χ3n) is 4.31. The fourth-order valence-electron chi connectivity index (χ4n) is 3.03. The molecule has 26 heavy (non-hydrogen) atoms. The highest BCUT2D eigenvalue weighted by atomic mass is 35.5. The molecule has 0 bridgehead atoms. The number of aromatic nitrogens is 2. The number of hydrogen-bond donors (Lipinski definition) is 1. The van der Waals surface area contributed by atoms with E-state index in [-0.39, 0.29) is 17.5 Å². The van der Waals surface area contributed by atoms with E-state index in [0.29, 0.717) is 35.5 Å². The number of ether oxygens (including phenoxy) is 1. The Balaban J connectivity index is 1.80. The standard InChI is InChI=1S/C17H21ClN4O3S/c1-3-22(13-7-9-26(23,24)11-13)17-19-8-6-16(21-17)20-12-4-5-15(25-2)14(18)10-12/h4-6,8,10,13H,3,7,9,11H2,1-2H3,(H,19,20,21). The van der Waals surface area contributed by atoms with Crippen LogP contribution in [0.4, 0.5) is 17.5 Å². The van der Waals surface area contributed by atoms with Crippen molar-refractivity contribution in [3.63, 3.8) is 0 Å². The lowest BCUT2D eigenvalue weighted by Gasteiger charge is -2.26. The molecule has 0 saturated carbocycles. The van der Waals surface area contributed by atoms with Crippen LogP contribution in [-0.2, 0) is 9.84 Å². The average Bonchev–Trinajstić information content (AvgIpc) is 2.96. The van der Waals surface area contributed by atoms with Gasteiger partial charge in [-0.3, -0.25) is 0 Å². The van der Waals surface area contributed by atoms with Crippen molar-refractivity contribution < 1.29 is 13.2 Å². The van der Waals surface area contributed by atoms with Gasteiger partial charge in [-0.05, 0) is 37.6 Å². The molecule has 7 nitrogen and oxygen atoms in total. The summed E-state index contributed by atoms with van der Waals surface area (Å²) in [7, 11) is -1.40. The number of anilines is 3. The van der Waals surface area contributed by atoms with Crippen LogP contribution in [0.25, 0.3) is 0 Å². The molecule has 1 aliphatic rings. The van der Waals surface area contributed by atoms with Crippen molar-refractivity contribution >= 4 is 38.9 Å². The van der Waals surface area contributed by atoms with Crippen molar-refractivity contribution in [2.45, 2.75) is 19.4 Å². The maximum absolute atomic E-state index is 11.8. The van der Waals surface area contributed by atoms with E-state index >= 15 is 0 Å². The second kappa shape index (κ2) is 7.67. The lowest BCUT2D eigenvalue weighted by Crippen LogP contribution is -2.37. The Hall–Kier alpha value is -2.06. The lowest BCUT2D eigenvalue weighted by molar-refractivity contribution is 0.415. The van der Waals surface area contributed by atoms with Gasteiger partial charge in [0, 0.05) is 24.5 Å². The first-order valence-electron chi connectivity index (χ1n) is 8.32. The molecule has 2 aromatic rings. The number of nitrogens with one attached hydrogen (secondary N) is 1.